The third-order valence-electron chi connectivity index (χ3n) is 4.49. The Bertz CT molecular complexity index is 469. The molecule has 4 nitrogen and oxygen atoms in total. The maximum absolute atomic E-state index is 11.0. The standard InChI is InChI=1S/C15H20N2O2/c18-15(19)12-7-3-9-14(16-12)17-10-4-8-13(17)11-5-1-2-6-11/h3,7,9,11,13H,1-2,4-6,8,10H2,(H,18,19). The number of hydrogen-bond acceptors (Lipinski definition) is 3. The van der Waals surface area contributed by atoms with E-state index in [0.717, 1.165) is 18.3 Å². The van der Waals surface area contributed by atoms with Gasteiger partial charge in [-0.05, 0) is 43.7 Å². The Morgan fingerprint density at radius 3 is 2.74 bits per heavy atom. The number of anilines is 1. The minimum atomic E-state index is -0.946. The van der Waals surface area contributed by atoms with Gasteiger partial charge in [0.25, 0.3) is 0 Å². The zero-order chi connectivity index (χ0) is 13.2. The molecule has 3 rings (SSSR count). The Kier molecular flexibility index (Phi) is 3.40. The van der Waals surface area contributed by atoms with Gasteiger partial charge < -0.3 is 10.0 Å². The molecule has 1 aliphatic carbocycles. The zero-order valence-corrected chi connectivity index (χ0v) is 11.1. The van der Waals surface area contributed by atoms with Crippen molar-refractivity contribution in [3.63, 3.8) is 0 Å². The normalized spacial score (nSPS) is 24.0. The van der Waals surface area contributed by atoms with Crippen molar-refractivity contribution in [3.8, 4) is 0 Å². The zero-order valence-electron chi connectivity index (χ0n) is 11.1. The van der Waals surface area contributed by atoms with E-state index in [1.807, 2.05) is 6.07 Å². The summed E-state index contributed by atoms with van der Waals surface area (Å²) in [6.07, 6.45) is 7.75. The quantitative estimate of drug-likeness (QED) is 0.907. The summed E-state index contributed by atoms with van der Waals surface area (Å²) in [4.78, 5) is 17.7. The molecule has 1 unspecified atom stereocenters. The molecule has 0 radical (unpaired) electrons. The highest BCUT2D eigenvalue weighted by Gasteiger charge is 2.34. The molecule has 2 heterocycles. The van der Waals surface area contributed by atoms with E-state index < -0.39 is 5.97 Å². The van der Waals surface area contributed by atoms with Crippen molar-refractivity contribution >= 4 is 11.8 Å². The minimum absolute atomic E-state index is 0.148. The van der Waals surface area contributed by atoms with Crippen LogP contribution >= 0.6 is 0 Å². The predicted octanol–water partition coefficient (Wildman–Crippen LogP) is 2.94. The molecule has 1 N–H and O–H groups in total. The van der Waals surface area contributed by atoms with Gasteiger partial charge >= 0.3 is 5.97 Å². The van der Waals surface area contributed by atoms with E-state index in [2.05, 4.69) is 9.88 Å². The van der Waals surface area contributed by atoms with Crippen molar-refractivity contribution in [1.29, 1.82) is 0 Å². The average molecular weight is 260 g/mol. The van der Waals surface area contributed by atoms with Gasteiger partial charge in [0.05, 0.1) is 0 Å². The van der Waals surface area contributed by atoms with Crippen LogP contribution in [0.5, 0.6) is 0 Å². The second kappa shape index (κ2) is 5.19. The monoisotopic (exact) mass is 260 g/mol. The summed E-state index contributed by atoms with van der Waals surface area (Å²) < 4.78 is 0. The van der Waals surface area contributed by atoms with Crippen LogP contribution in [-0.4, -0.2) is 28.6 Å². The number of carboxylic acid groups (broad SMARTS) is 1. The lowest BCUT2D eigenvalue weighted by Crippen LogP contribution is -2.35. The fourth-order valence-corrected chi connectivity index (χ4v) is 3.61. The van der Waals surface area contributed by atoms with Gasteiger partial charge in [0.15, 0.2) is 5.69 Å². The van der Waals surface area contributed by atoms with Crippen LogP contribution < -0.4 is 4.90 Å². The molecule has 102 valence electrons. The van der Waals surface area contributed by atoms with Gasteiger partial charge in [-0.15, -0.1) is 0 Å². The molecular weight excluding hydrogens is 240 g/mol. The third kappa shape index (κ3) is 2.44. The van der Waals surface area contributed by atoms with Crippen LogP contribution in [0.4, 0.5) is 5.82 Å². The lowest BCUT2D eigenvalue weighted by Gasteiger charge is -2.30. The van der Waals surface area contributed by atoms with Gasteiger partial charge in [-0.3, -0.25) is 0 Å². The number of carbonyl (C=O) groups is 1. The summed E-state index contributed by atoms with van der Waals surface area (Å²) >= 11 is 0. The number of aromatic carboxylic acids is 1. The van der Waals surface area contributed by atoms with Crippen molar-refractivity contribution in [1.82, 2.24) is 4.98 Å². The van der Waals surface area contributed by atoms with Crippen LogP contribution in [0.25, 0.3) is 0 Å². The number of nitrogens with zero attached hydrogens (tertiary/aromatic N) is 2. The molecule has 1 saturated carbocycles. The molecule has 1 aromatic heterocycles. The van der Waals surface area contributed by atoms with Gasteiger partial charge in [0.1, 0.15) is 5.82 Å². The fraction of sp³-hybridized carbons (Fsp3) is 0.600. The van der Waals surface area contributed by atoms with Crippen LogP contribution in [0.1, 0.15) is 49.0 Å². The number of pyridine rings is 1. The lowest BCUT2D eigenvalue weighted by atomic mass is 9.96. The number of aromatic nitrogens is 1. The van der Waals surface area contributed by atoms with Crippen molar-refractivity contribution in [2.24, 2.45) is 5.92 Å². The van der Waals surface area contributed by atoms with Crippen LogP contribution in [0, 0.1) is 5.92 Å². The summed E-state index contributed by atoms with van der Waals surface area (Å²) in [5.74, 6) is 0.672. The fourth-order valence-electron chi connectivity index (χ4n) is 3.61. The summed E-state index contributed by atoms with van der Waals surface area (Å²) in [6.45, 7) is 1.01. The van der Waals surface area contributed by atoms with E-state index >= 15 is 0 Å². The first kappa shape index (κ1) is 12.5. The second-order valence-corrected chi connectivity index (χ2v) is 5.63. The first-order chi connectivity index (χ1) is 9.25. The Morgan fingerprint density at radius 1 is 1.21 bits per heavy atom. The van der Waals surface area contributed by atoms with Crippen molar-refractivity contribution < 1.29 is 9.90 Å². The summed E-state index contributed by atoms with van der Waals surface area (Å²) in [5.41, 5.74) is 0.148. The highest BCUT2D eigenvalue weighted by molar-refractivity contribution is 5.85. The van der Waals surface area contributed by atoms with Gasteiger partial charge in [-0.1, -0.05) is 18.9 Å². The molecule has 1 aliphatic heterocycles. The Labute approximate surface area is 113 Å². The molecule has 1 saturated heterocycles. The maximum Gasteiger partial charge on any atom is 0.354 e. The van der Waals surface area contributed by atoms with E-state index in [-0.39, 0.29) is 5.69 Å². The first-order valence-corrected chi connectivity index (χ1v) is 7.23. The van der Waals surface area contributed by atoms with E-state index in [1.165, 1.54) is 38.5 Å². The highest BCUT2D eigenvalue weighted by Crippen LogP contribution is 2.37. The van der Waals surface area contributed by atoms with E-state index in [9.17, 15) is 4.79 Å². The second-order valence-electron chi connectivity index (χ2n) is 5.63. The van der Waals surface area contributed by atoms with Crippen molar-refractivity contribution in [2.45, 2.75) is 44.6 Å². The van der Waals surface area contributed by atoms with E-state index in [1.54, 1.807) is 12.1 Å². The molecular formula is C15H20N2O2. The molecule has 0 amide bonds. The van der Waals surface area contributed by atoms with Crippen LogP contribution in [0.15, 0.2) is 18.2 Å². The van der Waals surface area contributed by atoms with E-state index in [0.29, 0.717) is 6.04 Å². The van der Waals surface area contributed by atoms with Crippen molar-refractivity contribution in [3.05, 3.63) is 23.9 Å². The molecule has 0 spiro atoms. The van der Waals surface area contributed by atoms with Gasteiger partial charge in [0.2, 0.25) is 0 Å². The molecule has 4 heteroatoms. The van der Waals surface area contributed by atoms with Gasteiger partial charge in [0, 0.05) is 12.6 Å². The van der Waals surface area contributed by atoms with Crippen LogP contribution in [-0.2, 0) is 0 Å². The number of rotatable bonds is 3. The maximum atomic E-state index is 11.0. The van der Waals surface area contributed by atoms with Crippen molar-refractivity contribution in [2.75, 3.05) is 11.4 Å². The topological polar surface area (TPSA) is 53.4 Å². The van der Waals surface area contributed by atoms with E-state index in [4.69, 9.17) is 5.11 Å². The SMILES string of the molecule is O=C(O)c1cccc(N2CCCC2C2CCCC2)n1. The first-order valence-electron chi connectivity index (χ1n) is 7.23. The summed E-state index contributed by atoms with van der Waals surface area (Å²) in [7, 11) is 0. The molecule has 2 fully saturated rings. The molecule has 1 atom stereocenters. The molecule has 2 aliphatic rings. The number of hydrogen-bond donors (Lipinski definition) is 1. The molecule has 1 aromatic rings. The van der Waals surface area contributed by atoms with Gasteiger partial charge in [-0.25, -0.2) is 9.78 Å². The largest absolute Gasteiger partial charge is 0.477 e. The van der Waals surface area contributed by atoms with Crippen LogP contribution in [0.3, 0.4) is 0 Å². The third-order valence-corrected chi connectivity index (χ3v) is 4.49. The Hall–Kier alpha value is -1.58. The molecule has 19 heavy (non-hydrogen) atoms. The predicted molar refractivity (Wildman–Crippen MR) is 73.5 cm³/mol. The smallest absolute Gasteiger partial charge is 0.354 e. The highest BCUT2D eigenvalue weighted by atomic mass is 16.4. The molecule has 0 aromatic carbocycles. The van der Waals surface area contributed by atoms with Gasteiger partial charge in [-0.2, -0.15) is 0 Å². The molecule has 0 bridgehead atoms. The van der Waals surface area contributed by atoms with Crippen LogP contribution in [0.2, 0.25) is 0 Å². The number of carboxylic acids is 1. The Morgan fingerprint density at radius 2 is 2.00 bits per heavy atom. The summed E-state index contributed by atoms with van der Waals surface area (Å²) in [5, 5.41) is 9.05. The Balaban J connectivity index is 1.83. The minimum Gasteiger partial charge on any atom is -0.477 e. The average Bonchev–Trinajstić information content (AvgIpc) is 3.09. The lowest BCUT2D eigenvalue weighted by molar-refractivity contribution is 0.0690. The summed E-state index contributed by atoms with van der Waals surface area (Å²) in [6, 6.07) is 5.88.